The van der Waals surface area contributed by atoms with E-state index in [-0.39, 0.29) is 12.0 Å². The lowest BCUT2D eigenvalue weighted by Crippen LogP contribution is -2.43. The number of piperidine rings is 1. The topological polar surface area (TPSA) is 41.9 Å². The lowest BCUT2D eigenvalue weighted by molar-refractivity contribution is 0.0239. The Bertz CT molecular complexity index is 738. The van der Waals surface area contributed by atoms with Crippen LogP contribution in [0.1, 0.15) is 24.5 Å². The number of nitrogens with zero attached hydrogens (tertiary/aromatic N) is 1. The lowest BCUT2D eigenvalue weighted by atomic mass is 9.88. The number of rotatable bonds is 7. The predicted octanol–water partition coefficient (Wildman–Crippen LogP) is 4.17. The molecule has 1 aliphatic heterocycles. The summed E-state index contributed by atoms with van der Waals surface area (Å²) in [5, 5.41) is 11.1. The van der Waals surface area contributed by atoms with Crippen molar-refractivity contribution in [3.05, 3.63) is 58.6 Å². The first kappa shape index (κ1) is 20.0. The molecule has 1 heterocycles. The summed E-state index contributed by atoms with van der Waals surface area (Å²) in [5.74, 6) is 1.40. The quantitative estimate of drug-likeness (QED) is 0.771. The molecule has 27 heavy (non-hydrogen) atoms. The van der Waals surface area contributed by atoms with E-state index in [2.05, 4.69) is 29.2 Å². The van der Waals surface area contributed by atoms with Crippen LogP contribution in [0.5, 0.6) is 11.5 Å². The fourth-order valence-electron chi connectivity index (χ4n) is 3.76. The number of aliphatic hydroxyl groups excluding tert-OH is 1. The van der Waals surface area contributed by atoms with Crippen molar-refractivity contribution >= 4 is 11.6 Å². The first-order valence-corrected chi connectivity index (χ1v) is 9.92. The molecule has 2 aromatic carbocycles. The molecule has 1 fully saturated rings. The molecule has 1 N–H and O–H groups in total. The van der Waals surface area contributed by atoms with E-state index >= 15 is 0 Å². The zero-order valence-electron chi connectivity index (χ0n) is 16.0. The third kappa shape index (κ3) is 5.16. The number of aliphatic hydroxyl groups is 1. The van der Waals surface area contributed by atoms with Crippen LogP contribution in [-0.4, -0.2) is 42.9 Å². The highest BCUT2D eigenvalue weighted by Crippen LogP contribution is 2.37. The van der Waals surface area contributed by atoms with Gasteiger partial charge in [-0.2, -0.15) is 0 Å². The van der Waals surface area contributed by atoms with E-state index in [4.69, 9.17) is 21.1 Å². The van der Waals surface area contributed by atoms with Crippen LogP contribution < -0.4 is 9.47 Å². The third-order valence-electron chi connectivity index (χ3n) is 5.10. The van der Waals surface area contributed by atoms with Crippen LogP contribution in [0.3, 0.4) is 0 Å². The minimum atomic E-state index is -0.298. The summed E-state index contributed by atoms with van der Waals surface area (Å²) >= 11 is 6.40. The van der Waals surface area contributed by atoms with Crippen molar-refractivity contribution < 1.29 is 14.6 Å². The summed E-state index contributed by atoms with van der Waals surface area (Å²) in [7, 11) is 1.62. The van der Waals surface area contributed by atoms with Gasteiger partial charge in [0.05, 0.1) is 24.8 Å². The van der Waals surface area contributed by atoms with Crippen LogP contribution in [0.15, 0.2) is 42.5 Å². The molecule has 0 amide bonds. The molecule has 146 valence electrons. The molecule has 2 atom stereocenters. The van der Waals surface area contributed by atoms with Gasteiger partial charge in [0.2, 0.25) is 0 Å². The van der Waals surface area contributed by atoms with Crippen LogP contribution in [0.25, 0.3) is 0 Å². The number of likely N-dealkylation sites (tertiary alicyclic amines) is 1. The van der Waals surface area contributed by atoms with E-state index in [0.29, 0.717) is 23.1 Å². The second kappa shape index (κ2) is 9.45. The predicted molar refractivity (Wildman–Crippen MR) is 109 cm³/mol. The van der Waals surface area contributed by atoms with Gasteiger partial charge in [-0.05, 0) is 43.0 Å². The molecule has 5 heteroatoms. The minimum absolute atomic E-state index is 0.168. The average molecular weight is 390 g/mol. The summed E-state index contributed by atoms with van der Waals surface area (Å²) in [6.07, 6.45) is 1.25. The van der Waals surface area contributed by atoms with Gasteiger partial charge < -0.3 is 14.6 Å². The molecule has 0 aliphatic carbocycles. The Morgan fingerprint density at radius 3 is 2.67 bits per heavy atom. The molecular weight excluding hydrogens is 362 g/mol. The summed E-state index contributed by atoms with van der Waals surface area (Å²) in [6.45, 7) is 5.15. The molecule has 0 spiro atoms. The first-order valence-electron chi connectivity index (χ1n) is 9.54. The Labute approximate surface area is 166 Å². The Morgan fingerprint density at radius 1 is 1.19 bits per heavy atom. The first-order chi connectivity index (χ1) is 13.1. The van der Waals surface area contributed by atoms with Crippen molar-refractivity contribution in [1.29, 1.82) is 0 Å². The standard InChI is InChI=1S/C22H28ClNO3/c1-3-27-22-19(23)12-17(13-21(22)26-2)11-18-15-24(10-9-20(18)25)14-16-7-5-4-6-8-16/h4-8,12-13,18,20,25H,3,9-11,14-15H2,1-2H3. The van der Waals surface area contributed by atoms with Crippen molar-refractivity contribution in [2.75, 3.05) is 26.8 Å². The van der Waals surface area contributed by atoms with Gasteiger partial charge in [-0.1, -0.05) is 41.9 Å². The summed E-state index contributed by atoms with van der Waals surface area (Å²) < 4.78 is 11.0. The maximum absolute atomic E-state index is 10.5. The molecular formula is C22H28ClNO3. The van der Waals surface area contributed by atoms with E-state index in [1.807, 2.05) is 25.1 Å². The second-order valence-electron chi connectivity index (χ2n) is 7.08. The molecule has 0 radical (unpaired) electrons. The zero-order chi connectivity index (χ0) is 19.2. The Hall–Kier alpha value is -1.75. The van der Waals surface area contributed by atoms with Crippen molar-refractivity contribution in [2.24, 2.45) is 5.92 Å². The monoisotopic (exact) mass is 389 g/mol. The molecule has 4 nitrogen and oxygen atoms in total. The largest absolute Gasteiger partial charge is 0.493 e. The van der Waals surface area contributed by atoms with Crippen molar-refractivity contribution in [1.82, 2.24) is 4.90 Å². The number of hydrogen-bond donors (Lipinski definition) is 1. The molecule has 0 aromatic heterocycles. The SMILES string of the molecule is CCOc1c(Cl)cc(CC2CN(Cc3ccccc3)CCC2O)cc1OC. The van der Waals surface area contributed by atoms with Crippen molar-refractivity contribution in [2.45, 2.75) is 32.4 Å². The summed E-state index contributed by atoms with van der Waals surface area (Å²) in [5.41, 5.74) is 2.37. The maximum atomic E-state index is 10.5. The van der Waals surface area contributed by atoms with Crippen molar-refractivity contribution in [3.8, 4) is 11.5 Å². The number of hydrogen-bond acceptors (Lipinski definition) is 4. The second-order valence-corrected chi connectivity index (χ2v) is 7.49. The van der Waals surface area contributed by atoms with Gasteiger partial charge in [0.25, 0.3) is 0 Å². The van der Waals surface area contributed by atoms with Gasteiger partial charge >= 0.3 is 0 Å². The number of ether oxygens (including phenoxy) is 2. The fraction of sp³-hybridized carbons (Fsp3) is 0.455. The highest BCUT2D eigenvalue weighted by molar-refractivity contribution is 6.32. The highest BCUT2D eigenvalue weighted by atomic mass is 35.5. The van der Waals surface area contributed by atoms with Crippen LogP contribution in [0, 0.1) is 5.92 Å². The van der Waals surface area contributed by atoms with Gasteiger partial charge in [0, 0.05) is 25.6 Å². The van der Waals surface area contributed by atoms with Gasteiger partial charge in [0.1, 0.15) is 0 Å². The van der Waals surface area contributed by atoms with Gasteiger partial charge in [-0.25, -0.2) is 0 Å². The Kier molecular flexibility index (Phi) is 7.00. The Balaban J connectivity index is 1.70. The highest BCUT2D eigenvalue weighted by Gasteiger charge is 2.28. The van der Waals surface area contributed by atoms with Gasteiger partial charge in [-0.15, -0.1) is 0 Å². The van der Waals surface area contributed by atoms with Gasteiger partial charge in [-0.3, -0.25) is 4.90 Å². The van der Waals surface area contributed by atoms with Crippen LogP contribution >= 0.6 is 11.6 Å². The maximum Gasteiger partial charge on any atom is 0.179 e. The van der Waals surface area contributed by atoms with Crippen LogP contribution in [-0.2, 0) is 13.0 Å². The summed E-state index contributed by atoms with van der Waals surface area (Å²) in [6, 6.07) is 14.4. The van der Waals surface area contributed by atoms with Crippen LogP contribution in [0.4, 0.5) is 0 Å². The van der Waals surface area contributed by atoms with Crippen LogP contribution in [0.2, 0.25) is 5.02 Å². The minimum Gasteiger partial charge on any atom is -0.493 e. The molecule has 2 aromatic rings. The van der Waals surface area contributed by atoms with E-state index < -0.39 is 0 Å². The molecule has 0 bridgehead atoms. The smallest absolute Gasteiger partial charge is 0.179 e. The molecule has 2 unspecified atom stereocenters. The van der Waals surface area contributed by atoms with E-state index in [9.17, 15) is 5.11 Å². The molecule has 1 saturated heterocycles. The Morgan fingerprint density at radius 2 is 1.96 bits per heavy atom. The number of methoxy groups -OCH3 is 1. The lowest BCUT2D eigenvalue weighted by Gasteiger charge is -2.36. The van der Waals surface area contributed by atoms with E-state index in [0.717, 1.165) is 38.0 Å². The van der Waals surface area contributed by atoms with Crippen molar-refractivity contribution in [3.63, 3.8) is 0 Å². The van der Waals surface area contributed by atoms with E-state index in [1.165, 1.54) is 5.56 Å². The fourth-order valence-corrected chi connectivity index (χ4v) is 4.05. The third-order valence-corrected chi connectivity index (χ3v) is 5.38. The molecule has 1 aliphatic rings. The van der Waals surface area contributed by atoms with E-state index in [1.54, 1.807) is 7.11 Å². The van der Waals surface area contributed by atoms with Gasteiger partial charge in [0.15, 0.2) is 11.5 Å². The normalized spacial score (nSPS) is 20.4. The summed E-state index contributed by atoms with van der Waals surface area (Å²) in [4.78, 5) is 2.42. The molecule has 3 rings (SSSR count). The number of benzene rings is 2. The average Bonchev–Trinajstić information content (AvgIpc) is 2.67. The zero-order valence-corrected chi connectivity index (χ0v) is 16.8. The molecule has 0 saturated carbocycles. The number of halogens is 1.